The summed E-state index contributed by atoms with van der Waals surface area (Å²) < 4.78 is 38.8. The molecule has 4 N–H and O–H groups in total. The van der Waals surface area contributed by atoms with Crippen LogP contribution in [0.25, 0.3) is 0 Å². The number of aliphatic hydroxyl groups is 1. The second kappa shape index (κ2) is 7.16. The first-order chi connectivity index (χ1) is 9.85. The Balaban J connectivity index is 3.32. The number of aliphatic hydroxyl groups excluding tert-OH is 1. The minimum absolute atomic E-state index is 0.125. The van der Waals surface area contributed by atoms with Crippen molar-refractivity contribution in [3.63, 3.8) is 0 Å². The van der Waals surface area contributed by atoms with Crippen LogP contribution in [0.5, 0.6) is 0 Å². The fourth-order valence-corrected chi connectivity index (χ4v) is 2.00. The lowest BCUT2D eigenvalue weighted by molar-refractivity contribution is -0.137. The van der Waals surface area contributed by atoms with Crippen molar-refractivity contribution in [1.29, 1.82) is 0 Å². The van der Waals surface area contributed by atoms with Gasteiger partial charge in [0.2, 0.25) is 0 Å². The van der Waals surface area contributed by atoms with Crippen molar-refractivity contribution < 1.29 is 23.5 Å². The van der Waals surface area contributed by atoms with E-state index in [9.17, 15) is 13.2 Å². The zero-order valence-corrected chi connectivity index (χ0v) is 11.6. The number of nitrogens with zero attached hydrogens (tertiary/aromatic N) is 2. The first-order valence-electron chi connectivity index (χ1n) is 6.40. The summed E-state index contributed by atoms with van der Waals surface area (Å²) in [5.41, 5.74) is 4.46. The fourth-order valence-electron chi connectivity index (χ4n) is 2.00. The number of amidine groups is 1. The Kier molecular flexibility index (Phi) is 5.83. The molecular weight excluding hydrogens is 287 g/mol. The van der Waals surface area contributed by atoms with E-state index in [-0.39, 0.29) is 18.7 Å². The molecule has 0 aliphatic rings. The van der Waals surface area contributed by atoms with E-state index in [1.807, 2.05) is 6.92 Å². The Morgan fingerprint density at radius 3 is 2.48 bits per heavy atom. The van der Waals surface area contributed by atoms with Gasteiger partial charge in [0.25, 0.3) is 0 Å². The lowest BCUT2D eigenvalue weighted by Gasteiger charge is -2.25. The molecule has 0 bridgehead atoms. The van der Waals surface area contributed by atoms with Crippen LogP contribution in [0.3, 0.4) is 0 Å². The molecule has 0 heterocycles. The number of rotatable bonds is 6. The predicted octanol–water partition coefficient (Wildman–Crippen LogP) is 2.01. The molecule has 1 aromatic carbocycles. The van der Waals surface area contributed by atoms with Gasteiger partial charge < -0.3 is 20.9 Å². The molecule has 0 radical (unpaired) electrons. The summed E-state index contributed by atoms with van der Waals surface area (Å²) in [5, 5.41) is 20.3. The Bertz CT molecular complexity index is 498. The topological polar surface area (TPSA) is 82.1 Å². The molecule has 0 saturated carbocycles. The van der Waals surface area contributed by atoms with Crippen molar-refractivity contribution >= 4 is 11.5 Å². The Morgan fingerprint density at radius 1 is 1.33 bits per heavy atom. The molecule has 0 atom stereocenters. The first-order valence-corrected chi connectivity index (χ1v) is 6.40. The third-order valence-electron chi connectivity index (χ3n) is 2.92. The van der Waals surface area contributed by atoms with Gasteiger partial charge in [-0.1, -0.05) is 12.1 Å². The molecular formula is C13H18F3N3O2. The van der Waals surface area contributed by atoms with Gasteiger partial charge in [-0.2, -0.15) is 13.2 Å². The SMILES string of the molecule is CCCN(CCO)c1ccc(C(F)(F)F)c(/C(N)=N/O)c1. The molecule has 0 saturated heterocycles. The molecule has 0 aliphatic carbocycles. The van der Waals surface area contributed by atoms with Gasteiger partial charge in [-0.3, -0.25) is 0 Å². The highest BCUT2D eigenvalue weighted by Crippen LogP contribution is 2.34. The van der Waals surface area contributed by atoms with Crippen molar-refractivity contribution in [2.75, 3.05) is 24.6 Å². The average Bonchev–Trinajstić information content (AvgIpc) is 2.44. The van der Waals surface area contributed by atoms with E-state index in [0.717, 1.165) is 12.5 Å². The monoisotopic (exact) mass is 305 g/mol. The van der Waals surface area contributed by atoms with E-state index >= 15 is 0 Å². The Hall–Kier alpha value is -1.96. The normalized spacial score (nSPS) is 12.5. The molecule has 1 rings (SSSR count). The van der Waals surface area contributed by atoms with Crippen LogP contribution in [0.2, 0.25) is 0 Å². The van der Waals surface area contributed by atoms with Gasteiger partial charge >= 0.3 is 6.18 Å². The third-order valence-corrected chi connectivity index (χ3v) is 2.92. The second-order valence-electron chi connectivity index (χ2n) is 4.42. The number of hydrogen-bond donors (Lipinski definition) is 3. The number of nitrogens with two attached hydrogens (primary N) is 1. The molecule has 118 valence electrons. The highest BCUT2D eigenvalue weighted by Gasteiger charge is 2.34. The van der Waals surface area contributed by atoms with E-state index in [1.54, 1.807) is 4.90 Å². The molecule has 0 unspecified atom stereocenters. The molecule has 0 aromatic heterocycles. The van der Waals surface area contributed by atoms with Gasteiger partial charge in [-0.25, -0.2) is 0 Å². The number of hydrogen-bond acceptors (Lipinski definition) is 4. The number of oxime groups is 1. The molecule has 0 spiro atoms. The third kappa shape index (κ3) is 4.25. The average molecular weight is 305 g/mol. The fraction of sp³-hybridized carbons (Fsp3) is 0.462. The van der Waals surface area contributed by atoms with Crippen LogP contribution in [0.15, 0.2) is 23.4 Å². The summed E-state index contributed by atoms with van der Waals surface area (Å²) >= 11 is 0. The highest BCUT2D eigenvalue weighted by molar-refractivity contribution is 5.99. The van der Waals surface area contributed by atoms with Gasteiger partial charge in [-0.05, 0) is 24.6 Å². The second-order valence-corrected chi connectivity index (χ2v) is 4.42. The highest BCUT2D eigenvalue weighted by atomic mass is 19.4. The van der Waals surface area contributed by atoms with Crippen molar-refractivity contribution in [1.82, 2.24) is 0 Å². The van der Waals surface area contributed by atoms with E-state index < -0.39 is 17.6 Å². The number of alkyl halides is 3. The molecule has 1 aromatic rings. The molecule has 21 heavy (non-hydrogen) atoms. The van der Waals surface area contributed by atoms with E-state index in [0.29, 0.717) is 12.2 Å². The first kappa shape index (κ1) is 17.1. The molecule has 0 aliphatic heterocycles. The van der Waals surface area contributed by atoms with Gasteiger partial charge in [0.15, 0.2) is 5.84 Å². The summed E-state index contributed by atoms with van der Waals surface area (Å²) in [5.74, 6) is -0.607. The van der Waals surface area contributed by atoms with Crippen LogP contribution in [-0.2, 0) is 6.18 Å². The quantitative estimate of drug-likeness (QED) is 0.325. The maximum Gasteiger partial charge on any atom is 0.417 e. The van der Waals surface area contributed by atoms with E-state index in [4.69, 9.17) is 16.0 Å². The zero-order chi connectivity index (χ0) is 16.0. The lowest BCUT2D eigenvalue weighted by atomic mass is 10.0. The maximum atomic E-state index is 12.9. The van der Waals surface area contributed by atoms with Crippen molar-refractivity contribution in [3.05, 3.63) is 29.3 Å². The number of benzene rings is 1. The summed E-state index contributed by atoms with van der Waals surface area (Å²) in [6, 6.07) is 3.41. The number of anilines is 1. The van der Waals surface area contributed by atoms with Gasteiger partial charge in [0.1, 0.15) is 0 Å². The molecule has 0 amide bonds. The molecule has 8 heteroatoms. The van der Waals surface area contributed by atoms with Crippen LogP contribution in [0, 0.1) is 0 Å². The predicted molar refractivity (Wildman–Crippen MR) is 73.5 cm³/mol. The summed E-state index contributed by atoms with van der Waals surface area (Å²) in [6.45, 7) is 2.65. The lowest BCUT2D eigenvalue weighted by Crippen LogP contribution is -2.28. The van der Waals surface area contributed by atoms with Crippen molar-refractivity contribution in [3.8, 4) is 0 Å². The maximum absolute atomic E-state index is 12.9. The molecule has 5 nitrogen and oxygen atoms in total. The minimum Gasteiger partial charge on any atom is -0.409 e. The van der Waals surface area contributed by atoms with Crippen LogP contribution in [-0.4, -0.2) is 35.8 Å². The smallest absolute Gasteiger partial charge is 0.409 e. The van der Waals surface area contributed by atoms with Gasteiger partial charge in [-0.15, -0.1) is 0 Å². The van der Waals surface area contributed by atoms with E-state index in [2.05, 4.69) is 5.16 Å². The minimum atomic E-state index is -4.60. The standard InChI is InChI=1S/C13H18F3N3O2/c1-2-5-19(6-7-20)9-3-4-11(13(14,15)16)10(8-9)12(17)18-21/h3-4,8,20-21H,2,5-7H2,1H3,(H2,17,18). The number of halogens is 3. The summed E-state index contributed by atoms with van der Waals surface area (Å²) in [4.78, 5) is 1.73. The van der Waals surface area contributed by atoms with Crippen LogP contribution >= 0.6 is 0 Å². The van der Waals surface area contributed by atoms with Crippen LogP contribution in [0.4, 0.5) is 18.9 Å². The summed E-state index contributed by atoms with van der Waals surface area (Å²) in [7, 11) is 0. The van der Waals surface area contributed by atoms with Crippen LogP contribution < -0.4 is 10.6 Å². The van der Waals surface area contributed by atoms with Crippen molar-refractivity contribution in [2.24, 2.45) is 10.9 Å². The van der Waals surface area contributed by atoms with E-state index in [1.165, 1.54) is 12.1 Å². The largest absolute Gasteiger partial charge is 0.417 e. The van der Waals surface area contributed by atoms with Gasteiger partial charge in [0.05, 0.1) is 12.2 Å². The van der Waals surface area contributed by atoms with Crippen LogP contribution in [0.1, 0.15) is 24.5 Å². The van der Waals surface area contributed by atoms with Gasteiger partial charge in [0, 0.05) is 24.3 Å². The Morgan fingerprint density at radius 2 is 2.00 bits per heavy atom. The Labute approximate surface area is 120 Å². The summed E-state index contributed by atoms with van der Waals surface area (Å²) in [6.07, 6.45) is -3.84. The molecule has 0 fully saturated rings. The zero-order valence-electron chi connectivity index (χ0n) is 11.6. The van der Waals surface area contributed by atoms with Crippen molar-refractivity contribution in [2.45, 2.75) is 19.5 Å².